The lowest BCUT2D eigenvalue weighted by molar-refractivity contribution is -0.139. The van der Waals surface area contributed by atoms with E-state index in [9.17, 15) is 14.4 Å². The molecule has 0 fully saturated rings. The van der Waals surface area contributed by atoms with Crippen LogP contribution in [0.4, 0.5) is 0 Å². The van der Waals surface area contributed by atoms with Crippen molar-refractivity contribution in [3.8, 4) is 17.1 Å². The molecule has 0 unspecified atom stereocenters. The summed E-state index contributed by atoms with van der Waals surface area (Å²) in [5.74, 6) is 1.08. The topological polar surface area (TPSA) is 100 Å². The number of carbonyl (C=O) groups is 2. The minimum Gasteiger partial charge on any atom is -0.496 e. The Kier molecular flexibility index (Phi) is 7.41. The predicted octanol–water partition coefficient (Wildman–Crippen LogP) is 5.42. The second-order valence-corrected chi connectivity index (χ2v) is 11.0. The van der Waals surface area contributed by atoms with Crippen LogP contribution in [0.1, 0.15) is 48.5 Å². The molecule has 0 spiro atoms. The second kappa shape index (κ2) is 11.3. The molecule has 0 saturated carbocycles. The monoisotopic (exact) mass is 592 g/mol. The fourth-order valence-corrected chi connectivity index (χ4v) is 6.41. The van der Waals surface area contributed by atoms with Crippen LogP contribution in [0.5, 0.6) is 5.75 Å². The third-order valence-electron chi connectivity index (χ3n) is 7.42. The standard InChI is InChI=1S/C34H28N2O6S/c1-5-41-33(39)29-19(2)35-34-36(31(29)30-25-9-7-6-8-22(25)14-16-27(30)40-4)32(38)28(43-34)18-24-15-17-26(42-24)23-12-10-21(11-13-23)20(3)37/h6-18,31H,5H2,1-4H3/b28-18-/t31-/m1/s1. The molecule has 0 saturated heterocycles. The van der Waals surface area contributed by atoms with Crippen molar-refractivity contribution in [3.05, 3.63) is 121 Å². The number of nitrogens with zero attached hydrogens (tertiary/aromatic N) is 2. The third kappa shape index (κ3) is 5.02. The van der Waals surface area contributed by atoms with Gasteiger partial charge in [-0.05, 0) is 49.7 Å². The van der Waals surface area contributed by atoms with E-state index in [0.717, 1.165) is 16.3 Å². The summed E-state index contributed by atoms with van der Waals surface area (Å²) in [6, 6.07) is 21.5. The van der Waals surface area contributed by atoms with Gasteiger partial charge < -0.3 is 13.9 Å². The van der Waals surface area contributed by atoms with Crippen molar-refractivity contribution in [1.29, 1.82) is 0 Å². The van der Waals surface area contributed by atoms with Gasteiger partial charge in [-0.25, -0.2) is 9.79 Å². The SMILES string of the molecule is CCOC(=O)C1=C(C)N=c2s/c(=C\c3ccc(-c4ccc(C(C)=O)cc4)o3)c(=O)n2[C@H]1c1c(OC)ccc2ccccc12. The smallest absolute Gasteiger partial charge is 0.338 e. The van der Waals surface area contributed by atoms with E-state index in [1.54, 1.807) is 49.8 Å². The van der Waals surface area contributed by atoms with Gasteiger partial charge in [0.1, 0.15) is 23.3 Å². The number of allylic oxidation sites excluding steroid dienone is 1. The Morgan fingerprint density at radius 1 is 1.05 bits per heavy atom. The van der Waals surface area contributed by atoms with Crippen LogP contribution in [0.25, 0.3) is 28.2 Å². The fraction of sp³-hybridized carbons (Fsp3) is 0.176. The number of hydrogen-bond acceptors (Lipinski definition) is 8. The van der Waals surface area contributed by atoms with E-state index in [0.29, 0.717) is 43.4 Å². The number of furan rings is 1. The maximum Gasteiger partial charge on any atom is 0.338 e. The summed E-state index contributed by atoms with van der Waals surface area (Å²) < 4.78 is 19.3. The van der Waals surface area contributed by atoms with Gasteiger partial charge in [0.2, 0.25) is 0 Å². The number of thiazole rings is 1. The number of ether oxygens (including phenoxy) is 2. The number of benzene rings is 3. The lowest BCUT2D eigenvalue weighted by Gasteiger charge is -2.27. The molecule has 43 heavy (non-hydrogen) atoms. The average molecular weight is 593 g/mol. The summed E-state index contributed by atoms with van der Waals surface area (Å²) in [5.41, 5.74) is 2.54. The van der Waals surface area contributed by atoms with Crippen LogP contribution < -0.4 is 19.6 Å². The molecule has 1 aliphatic rings. The quantitative estimate of drug-likeness (QED) is 0.185. The summed E-state index contributed by atoms with van der Waals surface area (Å²) >= 11 is 1.22. The van der Waals surface area contributed by atoms with E-state index in [2.05, 4.69) is 4.99 Å². The first kappa shape index (κ1) is 28.1. The molecule has 8 nitrogen and oxygen atoms in total. The summed E-state index contributed by atoms with van der Waals surface area (Å²) in [7, 11) is 1.57. The van der Waals surface area contributed by atoms with E-state index >= 15 is 0 Å². The van der Waals surface area contributed by atoms with Crippen LogP contribution in [-0.4, -0.2) is 30.0 Å². The van der Waals surface area contributed by atoms with E-state index in [4.69, 9.17) is 13.9 Å². The molecule has 3 heterocycles. The van der Waals surface area contributed by atoms with Crippen molar-refractivity contribution >= 4 is 39.9 Å². The first-order valence-electron chi connectivity index (χ1n) is 13.8. The largest absolute Gasteiger partial charge is 0.496 e. The zero-order chi connectivity index (χ0) is 30.2. The van der Waals surface area contributed by atoms with Gasteiger partial charge in [0.05, 0.1) is 29.5 Å². The predicted molar refractivity (Wildman–Crippen MR) is 165 cm³/mol. The highest BCUT2D eigenvalue weighted by molar-refractivity contribution is 7.07. The Labute approximate surface area is 250 Å². The van der Waals surface area contributed by atoms with Gasteiger partial charge in [-0.3, -0.25) is 14.2 Å². The highest BCUT2D eigenvalue weighted by Crippen LogP contribution is 2.40. The number of carbonyl (C=O) groups excluding carboxylic acids is 2. The lowest BCUT2D eigenvalue weighted by atomic mass is 9.90. The second-order valence-electron chi connectivity index (χ2n) is 10.0. The van der Waals surface area contributed by atoms with Gasteiger partial charge in [0.15, 0.2) is 10.6 Å². The number of aromatic nitrogens is 1. The van der Waals surface area contributed by atoms with Crippen LogP contribution in [-0.2, 0) is 9.53 Å². The Morgan fingerprint density at radius 2 is 1.81 bits per heavy atom. The molecule has 216 valence electrons. The third-order valence-corrected chi connectivity index (χ3v) is 8.40. The molecule has 0 radical (unpaired) electrons. The minimum absolute atomic E-state index is 0.0113. The molecular weight excluding hydrogens is 564 g/mol. The molecule has 0 N–H and O–H groups in total. The van der Waals surface area contributed by atoms with Crippen LogP contribution in [0.2, 0.25) is 0 Å². The Hall–Kier alpha value is -5.02. The van der Waals surface area contributed by atoms with Crippen molar-refractivity contribution < 1.29 is 23.5 Å². The van der Waals surface area contributed by atoms with Gasteiger partial charge in [0, 0.05) is 22.8 Å². The lowest BCUT2D eigenvalue weighted by Crippen LogP contribution is -2.40. The number of fused-ring (bicyclic) bond motifs is 2. The first-order valence-corrected chi connectivity index (χ1v) is 14.6. The maximum atomic E-state index is 14.1. The summed E-state index contributed by atoms with van der Waals surface area (Å²) in [5, 5.41) is 1.79. The molecule has 2 aromatic heterocycles. The zero-order valence-corrected chi connectivity index (χ0v) is 24.9. The first-order chi connectivity index (χ1) is 20.8. The molecule has 5 aromatic rings. The zero-order valence-electron chi connectivity index (χ0n) is 24.0. The van der Waals surface area contributed by atoms with Crippen LogP contribution in [0.3, 0.4) is 0 Å². The number of methoxy groups -OCH3 is 1. The van der Waals surface area contributed by atoms with Crippen molar-refractivity contribution in [2.75, 3.05) is 13.7 Å². The molecule has 1 atom stereocenters. The molecule has 0 aliphatic carbocycles. The summed E-state index contributed by atoms with van der Waals surface area (Å²) in [4.78, 5) is 44.3. The molecule has 1 aliphatic heterocycles. The normalized spacial score (nSPS) is 14.9. The Balaban J connectivity index is 1.53. The van der Waals surface area contributed by atoms with Crippen LogP contribution in [0, 0.1) is 0 Å². The minimum atomic E-state index is -0.828. The van der Waals surface area contributed by atoms with Gasteiger partial charge in [-0.1, -0.05) is 65.9 Å². The maximum absolute atomic E-state index is 14.1. The Morgan fingerprint density at radius 3 is 2.53 bits per heavy atom. The van der Waals surface area contributed by atoms with E-state index in [-0.39, 0.29) is 23.5 Å². The average Bonchev–Trinajstić information content (AvgIpc) is 3.60. The van der Waals surface area contributed by atoms with Gasteiger partial charge in [-0.15, -0.1) is 0 Å². The van der Waals surface area contributed by atoms with Crippen molar-refractivity contribution in [2.45, 2.75) is 26.8 Å². The highest BCUT2D eigenvalue weighted by atomic mass is 32.1. The number of Topliss-reactive ketones (excluding diaryl/α,β-unsaturated/α-hetero) is 1. The highest BCUT2D eigenvalue weighted by Gasteiger charge is 2.36. The van der Waals surface area contributed by atoms with E-state index in [1.165, 1.54) is 18.3 Å². The van der Waals surface area contributed by atoms with E-state index < -0.39 is 12.0 Å². The molecule has 0 bridgehead atoms. The van der Waals surface area contributed by atoms with Crippen molar-refractivity contribution in [3.63, 3.8) is 0 Å². The van der Waals surface area contributed by atoms with Gasteiger partial charge in [0.25, 0.3) is 5.56 Å². The number of ketones is 1. The molecule has 6 rings (SSSR count). The van der Waals surface area contributed by atoms with Crippen molar-refractivity contribution in [2.24, 2.45) is 4.99 Å². The molecule has 9 heteroatoms. The molecule has 0 amide bonds. The van der Waals surface area contributed by atoms with E-state index in [1.807, 2.05) is 54.6 Å². The van der Waals surface area contributed by atoms with Crippen LogP contribution in [0.15, 0.2) is 98.3 Å². The fourth-order valence-electron chi connectivity index (χ4n) is 5.38. The number of rotatable bonds is 7. The number of esters is 1. The summed E-state index contributed by atoms with van der Waals surface area (Å²) in [6.45, 7) is 5.20. The van der Waals surface area contributed by atoms with Gasteiger partial charge >= 0.3 is 5.97 Å². The van der Waals surface area contributed by atoms with Gasteiger partial charge in [-0.2, -0.15) is 0 Å². The Bertz CT molecular complexity index is 2110. The van der Waals surface area contributed by atoms with Crippen LogP contribution >= 0.6 is 11.3 Å². The number of hydrogen-bond donors (Lipinski definition) is 0. The van der Waals surface area contributed by atoms with Crippen molar-refractivity contribution in [1.82, 2.24) is 4.57 Å². The molecule has 3 aromatic carbocycles. The molecular formula is C34H28N2O6S. The summed E-state index contributed by atoms with van der Waals surface area (Å²) in [6.07, 6.45) is 1.68.